The van der Waals surface area contributed by atoms with Crippen molar-refractivity contribution in [2.75, 3.05) is 6.54 Å². The molecule has 29 heavy (non-hydrogen) atoms. The van der Waals surface area contributed by atoms with Gasteiger partial charge in [-0.1, -0.05) is 56.8 Å². The standard InChI is InChI=1S/C20H29BCl2N2O4/c1-12(2)9-17(20(21(28)29)8-4-5-13(20)3)25-18(26)11-24-19(27)15-10-14(22)6-7-16(15)23/h6-7,10,12-13,17,28-29H,4-5,8-9,11H2,1-3H3,(H,24,27)(H,25,26)/t13?,17-,20?/m0/s1. The van der Waals surface area contributed by atoms with Gasteiger partial charge in [0.25, 0.3) is 5.91 Å². The van der Waals surface area contributed by atoms with Crippen molar-refractivity contribution in [1.82, 2.24) is 10.6 Å². The van der Waals surface area contributed by atoms with Crippen molar-refractivity contribution in [1.29, 1.82) is 0 Å². The number of carbonyl (C=O) groups excluding carboxylic acids is 2. The Kier molecular flexibility index (Phi) is 8.41. The molecule has 2 amide bonds. The summed E-state index contributed by atoms with van der Waals surface area (Å²) in [7, 11) is -1.52. The summed E-state index contributed by atoms with van der Waals surface area (Å²) in [4.78, 5) is 25.0. The summed E-state index contributed by atoms with van der Waals surface area (Å²) in [5, 5.41) is 25.7. The monoisotopic (exact) mass is 442 g/mol. The zero-order valence-electron chi connectivity index (χ0n) is 17.0. The fourth-order valence-electron chi connectivity index (χ4n) is 4.37. The fraction of sp³-hybridized carbons (Fsp3) is 0.600. The van der Waals surface area contributed by atoms with E-state index in [0.29, 0.717) is 17.9 Å². The molecule has 0 saturated heterocycles. The number of amides is 2. The topological polar surface area (TPSA) is 98.7 Å². The van der Waals surface area contributed by atoms with Crippen molar-refractivity contribution in [3.05, 3.63) is 33.8 Å². The highest BCUT2D eigenvalue weighted by Crippen LogP contribution is 2.54. The van der Waals surface area contributed by atoms with Crippen LogP contribution in [0.1, 0.15) is 56.8 Å². The van der Waals surface area contributed by atoms with Crippen LogP contribution in [0.25, 0.3) is 0 Å². The quantitative estimate of drug-likeness (QED) is 0.464. The van der Waals surface area contributed by atoms with E-state index in [-0.39, 0.29) is 34.9 Å². The van der Waals surface area contributed by atoms with Crippen LogP contribution in [-0.4, -0.2) is 41.6 Å². The third-order valence-electron chi connectivity index (χ3n) is 5.92. The van der Waals surface area contributed by atoms with Gasteiger partial charge in [-0.3, -0.25) is 9.59 Å². The summed E-state index contributed by atoms with van der Waals surface area (Å²) in [5.41, 5.74) is 0.192. The van der Waals surface area contributed by atoms with E-state index in [1.165, 1.54) is 12.1 Å². The van der Waals surface area contributed by atoms with E-state index in [9.17, 15) is 19.6 Å². The largest absolute Gasteiger partial charge is 0.460 e. The first-order valence-corrected chi connectivity index (χ1v) is 10.7. The molecule has 2 rings (SSSR count). The van der Waals surface area contributed by atoms with E-state index in [4.69, 9.17) is 23.2 Å². The molecule has 1 saturated carbocycles. The molecule has 1 fully saturated rings. The van der Waals surface area contributed by atoms with Gasteiger partial charge in [-0.15, -0.1) is 0 Å². The molecular formula is C20H29BCl2N2O4. The summed E-state index contributed by atoms with van der Waals surface area (Å²) < 4.78 is 0. The number of benzene rings is 1. The molecule has 9 heteroatoms. The summed E-state index contributed by atoms with van der Waals surface area (Å²) in [6.07, 6.45) is 3.01. The van der Waals surface area contributed by atoms with Crippen molar-refractivity contribution in [2.45, 2.75) is 57.8 Å². The second-order valence-electron chi connectivity index (χ2n) is 8.34. The highest BCUT2D eigenvalue weighted by molar-refractivity contribution is 6.46. The van der Waals surface area contributed by atoms with Gasteiger partial charge >= 0.3 is 7.12 Å². The average Bonchev–Trinajstić information content (AvgIpc) is 3.03. The summed E-state index contributed by atoms with van der Waals surface area (Å²) >= 11 is 11.9. The molecule has 1 aromatic carbocycles. The Labute approximate surface area is 182 Å². The highest BCUT2D eigenvalue weighted by Gasteiger charge is 2.54. The molecule has 0 spiro atoms. The van der Waals surface area contributed by atoms with E-state index in [2.05, 4.69) is 10.6 Å². The Bertz CT molecular complexity index is 747. The van der Waals surface area contributed by atoms with Crippen LogP contribution in [0.4, 0.5) is 0 Å². The Morgan fingerprint density at radius 1 is 1.31 bits per heavy atom. The van der Waals surface area contributed by atoms with Crippen molar-refractivity contribution in [3.8, 4) is 0 Å². The Morgan fingerprint density at radius 3 is 2.55 bits per heavy atom. The lowest BCUT2D eigenvalue weighted by molar-refractivity contribution is -0.121. The number of hydrogen-bond acceptors (Lipinski definition) is 4. The van der Waals surface area contributed by atoms with Crippen LogP contribution in [0.15, 0.2) is 18.2 Å². The summed E-state index contributed by atoms with van der Waals surface area (Å²) in [6, 6.07) is 4.13. The van der Waals surface area contributed by atoms with Gasteiger partial charge < -0.3 is 20.7 Å². The van der Waals surface area contributed by atoms with Gasteiger partial charge in [-0.05, 0) is 42.9 Å². The molecule has 0 aromatic heterocycles. The van der Waals surface area contributed by atoms with E-state index in [0.717, 1.165) is 12.8 Å². The molecule has 6 nitrogen and oxygen atoms in total. The van der Waals surface area contributed by atoms with Crippen LogP contribution >= 0.6 is 23.2 Å². The van der Waals surface area contributed by atoms with Gasteiger partial charge in [0.15, 0.2) is 0 Å². The lowest BCUT2D eigenvalue weighted by atomic mass is 9.48. The van der Waals surface area contributed by atoms with Crippen molar-refractivity contribution in [2.24, 2.45) is 11.8 Å². The minimum Gasteiger partial charge on any atom is -0.427 e. The van der Waals surface area contributed by atoms with Crippen LogP contribution in [0.3, 0.4) is 0 Å². The minimum absolute atomic E-state index is 0.0615. The lowest BCUT2D eigenvalue weighted by Crippen LogP contribution is -2.54. The number of hydrogen-bond donors (Lipinski definition) is 4. The third kappa shape index (κ3) is 5.66. The summed E-state index contributed by atoms with van der Waals surface area (Å²) in [6.45, 7) is 5.80. The molecule has 0 bridgehead atoms. The average molecular weight is 443 g/mol. The molecule has 1 aliphatic rings. The molecular weight excluding hydrogens is 414 g/mol. The van der Waals surface area contributed by atoms with E-state index < -0.39 is 24.4 Å². The molecule has 2 unspecified atom stereocenters. The zero-order chi connectivity index (χ0) is 21.8. The van der Waals surface area contributed by atoms with Crippen LogP contribution in [0, 0.1) is 11.8 Å². The van der Waals surface area contributed by atoms with Gasteiger partial charge in [-0.25, -0.2) is 0 Å². The first-order valence-electron chi connectivity index (χ1n) is 9.96. The number of rotatable bonds is 8. The molecule has 1 aliphatic carbocycles. The van der Waals surface area contributed by atoms with Crippen molar-refractivity contribution < 1.29 is 19.6 Å². The minimum atomic E-state index is -1.52. The Balaban J connectivity index is 2.08. The third-order valence-corrected chi connectivity index (χ3v) is 6.48. The predicted octanol–water partition coefficient (Wildman–Crippen LogP) is 3.29. The molecule has 4 N–H and O–H groups in total. The second kappa shape index (κ2) is 10.2. The Hall–Kier alpha value is -1.28. The van der Waals surface area contributed by atoms with Crippen molar-refractivity contribution in [3.63, 3.8) is 0 Å². The van der Waals surface area contributed by atoms with Crippen molar-refractivity contribution >= 4 is 42.1 Å². The molecule has 0 aliphatic heterocycles. The van der Waals surface area contributed by atoms with E-state index in [1.807, 2.05) is 20.8 Å². The second-order valence-corrected chi connectivity index (χ2v) is 9.18. The summed E-state index contributed by atoms with van der Waals surface area (Å²) in [5.74, 6) is -0.574. The van der Waals surface area contributed by atoms with Gasteiger partial charge in [0, 0.05) is 16.4 Å². The van der Waals surface area contributed by atoms with E-state index >= 15 is 0 Å². The highest BCUT2D eigenvalue weighted by atomic mass is 35.5. The van der Waals surface area contributed by atoms with Crippen LogP contribution in [0.5, 0.6) is 0 Å². The Morgan fingerprint density at radius 2 is 2.00 bits per heavy atom. The number of carbonyl (C=O) groups is 2. The zero-order valence-corrected chi connectivity index (χ0v) is 18.6. The smallest absolute Gasteiger partial charge is 0.427 e. The van der Waals surface area contributed by atoms with Crippen LogP contribution < -0.4 is 10.6 Å². The van der Waals surface area contributed by atoms with Gasteiger partial charge in [-0.2, -0.15) is 0 Å². The fourth-order valence-corrected chi connectivity index (χ4v) is 4.74. The maximum absolute atomic E-state index is 12.6. The maximum Gasteiger partial charge on any atom is 0.460 e. The molecule has 0 heterocycles. The molecule has 160 valence electrons. The van der Waals surface area contributed by atoms with E-state index in [1.54, 1.807) is 6.07 Å². The molecule has 1 aromatic rings. The lowest BCUT2D eigenvalue weighted by Gasteiger charge is -2.42. The maximum atomic E-state index is 12.6. The normalized spacial score (nSPS) is 22.4. The van der Waals surface area contributed by atoms with Gasteiger partial charge in [0.05, 0.1) is 17.1 Å². The van der Waals surface area contributed by atoms with Crippen LogP contribution in [0.2, 0.25) is 15.4 Å². The first-order chi connectivity index (χ1) is 13.6. The predicted molar refractivity (Wildman–Crippen MR) is 116 cm³/mol. The van der Waals surface area contributed by atoms with Crippen LogP contribution in [-0.2, 0) is 4.79 Å². The van der Waals surface area contributed by atoms with Gasteiger partial charge in [0.2, 0.25) is 5.91 Å². The first kappa shape index (κ1) is 24.0. The molecule has 0 radical (unpaired) electrons. The SMILES string of the molecule is CC(C)C[C@H](NC(=O)CNC(=O)c1cc(Cl)ccc1Cl)C1(B(O)O)CCCC1C. The van der Waals surface area contributed by atoms with Gasteiger partial charge in [0.1, 0.15) is 0 Å². The molecule has 3 atom stereocenters. The number of halogens is 2. The number of nitrogens with one attached hydrogen (secondary N) is 2.